The number of nitrogens with zero attached hydrogens (tertiary/aromatic N) is 1. The maximum atomic E-state index is 13.0. The van der Waals surface area contributed by atoms with Crippen molar-refractivity contribution in [3.63, 3.8) is 0 Å². The minimum absolute atomic E-state index is 0.00467. The monoisotopic (exact) mass is 442 g/mol. The number of hydrogen-bond acceptors (Lipinski definition) is 7. The van der Waals surface area contributed by atoms with E-state index in [0.717, 1.165) is 24.2 Å². The third-order valence-corrected chi connectivity index (χ3v) is 8.35. The van der Waals surface area contributed by atoms with Gasteiger partial charge < -0.3 is 30.5 Å². The number of aliphatic hydroxyl groups is 3. The van der Waals surface area contributed by atoms with Gasteiger partial charge in [-0.1, -0.05) is 6.07 Å². The zero-order valence-corrected chi connectivity index (χ0v) is 18.2. The van der Waals surface area contributed by atoms with Gasteiger partial charge in [0.2, 0.25) is 0 Å². The average molecular weight is 443 g/mol. The van der Waals surface area contributed by atoms with Crippen LogP contribution in [0.2, 0.25) is 0 Å². The molecule has 2 aliphatic heterocycles. The Morgan fingerprint density at radius 1 is 1.34 bits per heavy atom. The molecule has 1 saturated heterocycles. The van der Waals surface area contributed by atoms with Crippen molar-refractivity contribution in [1.82, 2.24) is 10.2 Å². The summed E-state index contributed by atoms with van der Waals surface area (Å²) in [5, 5.41) is 46.5. The number of piperidine rings is 1. The summed E-state index contributed by atoms with van der Waals surface area (Å²) in [7, 11) is 0. The van der Waals surface area contributed by atoms with Gasteiger partial charge in [0.1, 0.15) is 5.76 Å². The Morgan fingerprint density at radius 3 is 2.84 bits per heavy atom. The SMILES string of the molecule is CC(O)CNC(=O)C1=C(O)[C@@H]2Oc3c(O)ccc4c3[C@@]23CCN(CC2CC2)[C@H](C4)[C@]3(O)C1. The first-order valence-corrected chi connectivity index (χ1v) is 11.6. The van der Waals surface area contributed by atoms with Gasteiger partial charge in [-0.3, -0.25) is 9.69 Å². The maximum Gasteiger partial charge on any atom is 0.250 e. The third kappa shape index (κ3) is 2.51. The van der Waals surface area contributed by atoms with Crippen molar-refractivity contribution in [3.05, 3.63) is 34.6 Å². The summed E-state index contributed by atoms with van der Waals surface area (Å²) < 4.78 is 6.16. The summed E-state index contributed by atoms with van der Waals surface area (Å²) in [5.74, 6) is 0.268. The molecule has 8 nitrogen and oxygen atoms in total. The predicted molar refractivity (Wildman–Crippen MR) is 115 cm³/mol. The first-order valence-electron chi connectivity index (χ1n) is 11.6. The first-order chi connectivity index (χ1) is 15.3. The second-order valence-corrected chi connectivity index (χ2v) is 10.3. The standard InChI is InChI=1S/C24H30N2O6/c1-12(27)10-25-22(30)15-9-24(31)17-8-14-4-5-16(28)20-18(14)23(24,21(32-20)19(15)29)6-7-26(17)11-13-2-3-13/h4-5,12-13,17,21,27-29,31H,2-3,6-11H2,1H3,(H,25,30)/t12?,17-,21+,23+,24-/m1/s1. The Labute approximate surface area is 186 Å². The van der Waals surface area contributed by atoms with Crippen LogP contribution in [0.25, 0.3) is 0 Å². The minimum atomic E-state index is -1.32. The number of ether oxygens (including phenoxy) is 1. The quantitative estimate of drug-likeness (QED) is 0.459. The van der Waals surface area contributed by atoms with E-state index in [1.165, 1.54) is 12.8 Å². The van der Waals surface area contributed by atoms with Crippen molar-refractivity contribution in [2.75, 3.05) is 19.6 Å². The Balaban J connectivity index is 1.50. The van der Waals surface area contributed by atoms with E-state index in [2.05, 4.69) is 10.2 Å². The van der Waals surface area contributed by atoms with Gasteiger partial charge in [0, 0.05) is 31.1 Å². The summed E-state index contributed by atoms with van der Waals surface area (Å²) in [4.78, 5) is 15.3. The molecule has 1 spiro atoms. The molecule has 32 heavy (non-hydrogen) atoms. The van der Waals surface area contributed by atoms with Gasteiger partial charge in [0.15, 0.2) is 17.6 Å². The molecular weight excluding hydrogens is 412 g/mol. The molecule has 3 aliphatic carbocycles. The van der Waals surface area contributed by atoms with Gasteiger partial charge in [0.05, 0.1) is 22.7 Å². The summed E-state index contributed by atoms with van der Waals surface area (Å²) in [6.45, 7) is 3.32. The normalized spacial score (nSPS) is 35.8. The molecule has 1 aromatic carbocycles. The average Bonchev–Trinajstić information content (AvgIpc) is 3.49. The van der Waals surface area contributed by atoms with Crippen molar-refractivity contribution < 1.29 is 30.0 Å². The zero-order valence-electron chi connectivity index (χ0n) is 18.2. The Morgan fingerprint density at radius 2 is 2.12 bits per heavy atom. The van der Waals surface area contributed by atoms with Crippen LogP contribution in [0.15, 0.2) is 23.5 Å². The number of nitrogens with one attached hydrogen (secondary N) is 1. The van der Waals surface area contributed by atoms with E-state index < -0.39 is 29.1 Å². The number of carbonyl (C=O) groups is 1. The molecule has 5 aliphatic rings. The van der Waals surface area contributed by atoms with Crippen molar-refractivity contribution in [1.29, 1.82) is 0 Å². The van der Waals surface area contributed by atoms with Crippen LogP contribution in [0.3, 0.4) is 0 Å². The third-order valence-electron chi connectivity index (χ3n) is 8.35. The number of rotatable bonds is 5. The van der Waals surface area contributed by atoms with Crippen LogP contribution in [0.4, 0.5) is 0 Å². The van der Waals surface area contributed by atoms with E-state index in [4.69, 9.17) is 4.74 Å². The molecule has 1 unspecified atom stereocenters. The van der Waals surface area contributed by atoms with Crippen LogP contribution in [-0.2, 0) is 16.6 Å². The number of amides is 1. The smallest absolute Gasteiger partial charge is 0.250 e. The second kappa shape index (κ2) is 6.62. The topological polar surface area (TPSA) is 122 Å². The fourth-order valence-corrected chi connectivity index (χ4v) is 6.72. The van der Waals surface area contributed by atoms with Crippen LogP contribution in [0.1, 0.15) is 43.7 Å². The molecule has 1 aromatic rings. The highest BCUT2D eigenvalue weighted by molar-refractivity contribution is 5.95. The molecule has 172 valence electrons. The molecule has 2 heterocycles. The number of likely N-dealkylation sites (tertiary alicyclic amines) is 1. The number of phenols is 1. The lowest BCUT2D eigenvalue weighted by atomic mass is 9.49. The van der Waals surface area contributed by atoms with Gasteiger partial charge in [-0.25, -0.2) is 0 Å². The van der Waals surface area contributed by atoms with Crippen LogP contribution in [0, 0.1) is 5.92 Å². The fraction of sp³-hybridized carbons (Fsp3) is 0.625. The Bertz CT molecular complexity index is 1030. The molecule has 6 rings (SSSR count). The summed E-state index contributed by atoms with van der Waals surface area (Å²) in [6.07, 6.45) is 1.95. The first kappa shape index (κ1) is 20.3. The van der Waals surface area contributed by atoms with E-state index in [1.54, 1.807) is 13.0 Å². The molecule has 1 amide bonds. The molecule has 1 saturated carbocycles. The lowest BCUT2D eigenvalue weighted by Crippen LogP contribution is -2.75. The van der Waals surface area contributed by atoms with Gasteiger partial charge in [-0.15, -0.1) is 0 Å². The number of carbonyl (C=O) groups excluding carboxylic acids is 1. The largest absolute Gasteiger partial charge is 0.508 e. The molecule has 0 radical (unpaired) electrons. The van der Waals surface area contributed by atoms with Gasteiger partial charge in [0.25, 0.3) is 5.91 Å². The van der Waals surface area contributed by atoms with E-state index in [0.29, 0.717) is 24.5 Å². The highest BCUT2D eigenvalue weighted by Crippen LogP contribution is 2.66. The summed E-state index contributed by atoms with van der Waals surface area (Å²) >= 11 is 0. The summed E-state index contributed by atoms with van der Waals surface area (Å²) in [5.41, 5.74) is -0.298. The van der Waals surface area contributed by atoms with E-state index in [1.807, 2.05) is 6.07 Å². The van der Waals surface area contributed by atoms with Gasteiger partial charge in [-0.05, 0) is 56.7 Å². The maximum absolute atomic E-state index is 13.0. The highest BCUT2D eigenvalue weighted by atomic mass is 16.5. The molecule has 2 bridgehead atoms. The van der Waals surface area contributed by atoms with Crippen molar-refractivity contribution in [3.8, 4) is 11.5 Å². The van der Waals surface area contributed by atoms with E-state index in [-0.39, 0.29) is 36.1 Å². The number of phenolic OH excluding ortho intramolecular Hbond substituents is 1. The number of aromatic hydroxyl groups is 1. The zero-order chi connectivity index (χ0) is 22.4. The van der Waals surface area contributed by atoms with Gasteiger partial charge >= 0.3 is 0 Å². The molecule has 2 fully saturated rings. The van der Waals surface area contributed by atoms with Crippen LogP contribution >= 0.6 is 0 Å². The second-order valence-electron chi connectivity index (χ2n) is 10.3. The van der Waals surface area contributed by atoms with Crippen LogP contribution in [-0.4, -0.2) is 74.7 Å². The van der Waals surface area contributed by atoms with Crippen LogP contribution < -0.4 is 10.1 Å². The van der Waals surface area contributed by atoms with E-state index in [9.17, 15) is 25.2 Å². The number of aliphatic hydroxyl groups excluding tert-OH is 2. The summed E-state index contributed by atoms with van der Waals surface area (Å²) in [6, 6.07) is 3.31. The Hall–Kier alpha value is -2.29. The number of benzene rings is 1. The molecule has 0 aromatic heterocycles. The Kier molecular flexibility index (Phi) is 4.20. The predicted octanol–water partition coefficient (Wildman–Crippen LogP) is 0.875. The molecular formula is C24H30N2O6. The van der Waals surface area contributed by atoms with Crippen LogP contribution in [0.5, 0.6) is 11.5 Å². The minimum Gasteiger partial charge on any atom is -0.508 e. The van der Waals surface area contributed by atoms with Gasteiger partial charge in [-0.2, -0.15) is 0 Å². The highest BCUT2D eigenvalue weighted by Gasteiger charge is 2.73. The molecule has 5 atom stereocenters. The van der Waals surface area contributed by atoms with Crippen molar-refractivity contribution in [2.45, 2.75) is 68.3 Å². The van der Waals surface area contributed by atoms with E-state index >= 15 is 0 Å². The molecule has 8 heteroatoms. The fourth-order valence-electron chi connectivity index (χ4n) is 6.72. The number of hydrogen-bond donors (Lipinski definition) is 5. The van der Waals surface area contributed by atoms with Crippen molar-refractivity contribution >= 4 is 5.91 Å². The lowest BCUT2D eigenvalue weighted by Gasteiger charge is -2.62. The lowest BCUT2D eigenvalue weighted by molar-refractivity contribution is -0.172. The molecule has 5 N–H and O–H groups in total. The van der Waals surface area contributed by atoms with Crippen molar-refractivity contribution in [2.24, 2.45) is 5.92 Å².